The minimum atomic E-state index is -2.17. The smallest absolute Gasteiger partial charge is 0.126 e. The van der Waals surface area contributed by atoms with Gasteiger partial charge in [-0.05, 0) is 18.6 Å². The van der Waals surface area contributed by atoms with E-state index >= 15 is 0 Å². The fourth-order valence-electron chi connectivity index (χ4n) is 1.27. The fraction of sp³-hybridized carbons (Fsp3) is 0.333. The molecule has 6 heteroatoms. The van der Waals surface area contributed by atoms with Crippen molar-refractivity contribution in [2.75, 3.05) is 11.5 Å². The molecule has 0 aliphatic carbocycles. The maximum atomic E-state index is 12.9. The molecule has 1 aliphatic rings. The van der Waals surface area contributed by atoms with Gasteiger partial charge in [0.2, 0.25) is 0 Å². The Labute approximate surface area is 97.6 Å². The zero-order valence-corrected chi connectivity index (χ0v) is 10.0. The number of halogens is 3. The third-order valence-corrected chi connectivity index (χ3v) is 5.11. The minimum Gasteiger partial charge on any atom is -0.249 e. The zero-order valence-electron chi connectivity index (χ0n) is 7.67. The van der Waals surface area contributed by atoms with Crippen molar-refractivity contribution in [2.24, 2.45) is 4.36 Å². The Morgan fingerprint density at radius 3 is 2.20 bits per heavy atom. The molecule has 1 aliphatic heterocycles. The molecule has 0 spiro atoms. The van der Waals surface area contributed by atoms with Gasteiger partial charge in [-0.25, -0.2) is 8.60 Å². The maximum Gasteiger partial charge on any atom is 0.126 e. The van der Waals surface area contributed by atoms with Crippen molar-refractivity contribution in [1.29, 1.82) is 0 Å². The second-order valence-electron chi connectivity index (χ2n) is 3.34. The first-order chi connectivity index (χ1) is 7.00. The summed E-state index contributed by atoms with van der Waals surface area (Å²) in [6.45, 7) is 0. The summed E-state index contributed by atoms with van der Waals surface area (Å²) in [5, 5.41) is 0.212. The summed E-state index contributed by atoms with van der Waals surface area (Å²) in [5.41, 5.74) is 0.240. The third-order valence-electron chi connectivity index (χ3n) is 2.17. The number of rotatable bonds is 1. The molecule has 1 fully saturated rings. The Hall–Kier alpha value is -0.320. The molecule has 0 atom stereocenters. The Kier molecular flexibility index (Phi) is 2.92. The van der Waals surface area contributed by atoms with Crippen LogP contribution in [0.1, 0.15) is 6.42 Å². The molecule has 1 aromatic rings. The van der Waals surface area contributed by atoms with Crippen molar-refractivity contribution in [3.8, 4) is 0 Å². The first-order valence-corrected chi connectivity index (χ1v) is 6.98. The summed E-state index contributed by atoms with van der Waals surface area (Å²) in [6.07, 6.45) is 0.902. The van der Waals surface area contributed by atoms with Crippen LogP contribution >= 0.6 is 23.2 Å². The van der Waals surface area contributed by atoms with Crippen molar-refractivity contribution in [1.82, 2.24) is 0 Å². The SMILES string of the molecule is O=S1(=Nc2c(Cl)cc(F)cc2Cl)CCC1. The monoisotopic (exact) mass is 267 g/mol. The zero-order chi connectivity index (χ0) is 11.1. The molecule has 82 valence electrons. The van der Waals surface area contributed by atoms with Gasteiger partial charge in [-0.15, -0.1) is 0 Å². The van der Waals surface area contributed by atoms with Gasteiger partial charge in [0.1, 0.15) is 11.5 Å². The molecule has 1 saturated heterocycles. The third kappa shape index (κ3) is 2.27. The van der Waals surface area contributed by atoms with Crippen LogP contribution in [0.2, 0.25) is 10.0 Å². The second kappa shape index (κ2) is 3.92. The topological polar surface area (TPSA) is 29.4 Å². The summed E-state index contributed by atoms with van der Waals surface area (Å²) >= 11 is 11.6. The molecule has 0 amide bonds. The Morgan fingerprint density at radius 1 is 1.27 bits per heavy atom. The number of benzene rings is 1. The molecule has 2 rings (SSSR count). The number of hydrogen-bond donors (Lipinski definition) is 0. The first-order valence-electron chi connectivity index (χ1n) is 4.37. The van der Waals surface area contributed by atoms with Crippen molar-refractivity contribution in [3.63, 3.8) is 0 Å². The molecule has 0 saturated carbocycles. The van der Waals surface area contributed by atoms with E-state index in [0.717, 1.165) is 18.6 Å². The van der Waals surface area contributed by atoms with E-state index in [2.05, 4.69) is 4.36 Å². The molecular formula is C9H8Cl2FNOS. The second-order valence-corrected chi connectivity index (χ2v) is 6.70. The Balaban J connectivity index is 2.54. The van der Waals surface area contributed by atoms with Gasteiger partial charge < -0.3 is 0 Å². The lowest BCUT2D eigenvalue weighted by atomic mass is 10.3. The van der Waals surface area contributed by atoms with Gasteiger partial charge >= 0.3 is 0 Å². The van der Waals surface area contributed by atoms with Crippen LogP contribution in [0.4, 0.5) is 10.1 Å². The van der Waals surface area contributed by atoms with Gasteiger partial charge in [-0.2, -0.15) is 4.36 Å². The van der Waals surface area contributed by atoms with Gasteiger partial charge in [-0.3, -0.25) is 0 Å². The van der Waals surface area contributed by atoms with E-state index in [1.165, 1.54) is 0 Å². The minimum absolute atomic E-state index is 0.106. The summed E-state index contributed by atoms with van der Waals surface area (Å²) < 4.78 is 28.7. The van der Waals surface area contributed by atoms with Crippen LogP contribution < -0.4 is 0 Å². The highest BCUT2D eigenvalue weighted by molar-refractivity contribution is 7.95. The van der Waals surface area contributed by atoms with E-state index in [1.54, 1.807) is 0 Å². The molecule has 15 heavy (non-hydrogen) atoms. The quantitative estimate of drug-likeness (QED) is 0.764. The molecular weight excluding hydrogens is 260 g/mol. The normalized spacial score (nSPS) is 18.3. The van der Waals surface area contributed by atoms with Crippen LogP contribution in [-0.4, -0.2) is 15.7 Å². The lowest BCUT2D eigenvalue weighted by molar-refractivity contribution is 0.628. The van der Waals surface area contributed by atoms with Gasteiger partial charge in [0.05, 0.1) is 19.8 Å². The molecule has 0 unspecified atom stereocenters. The van der Waals surface area contributed by atoms with Crippen LogP contribution in [-0.2, 0) is 9.73 Å². The predicted octanol–water partition coefficient (Wildman–Crippen LogP) is 3.64. The molecule has 0 radical (unpaired) electrons. The van der Waals surface area contributed by atoms with E-state index in [9.17, 15) is 8.60 Å². The number of nitrogens with zero attached hydrogens (tertiary/aromatic N) is 1. The van der Waals surface area contributed by atoms with Gasteiger partial charge in [0.25, 0.3) is 0 Å². The highest BCUT2D eigenvalue weighted by Gasteiger charge is 2.21. The molecule has 1 aromatic carbocycles. The molecule has 1 heterocycles. The van der Waals surface area contributed by atoms with E-state index in [1.807, 2.05) is 0 Å². The van der Waals surface area contributed by atoms with E-state index in [-0.39, 0.29) is 15.7 Å². The van der Waals surface area contributed by atoms with Crippen LogP contribution in [0, 0.1) is 5.82 Å². The van der Waals surface area contributed by atoms with Crippen molar-refractivity contribution in [2.45, 2.75) is 6.42 Å². The van der Waals surface area contributed by atoms with Crippen molar-refractivity contribution < 1.29 is 8.60 Å². The highest BCUT2D eigenvalue weighted by Crippen LogP contribution is 2.36. The first kappa shape index (κ1) is 11.2. The lowest BCUT2D eigenvalue weighted by Gasteiger charge is -2.18. The highest BCUT2D eigenvalue weighted by atomic mass is 35.5. The van der Waals surface area contributed by atoms with Crippen molar-refractivity contribution in [3.05, 3.63) is 28.0 Å². The molecule has 2 nitrogen and oxygen atoms in total. The summed E-state index contributed by atoms with van der Waals surface area (Å²) in [6, 6.07) is 2.24. The van der Waals surface area contributed by atoms with Crippen LogP contribution in [0.5, 0.6) is 0 Å². The van der Waals surface area contributed by atoms with Crippen LogP contribution in [0.15, 0.2) is 16.5 Å². The maximum absolute atomic E-state index is 12.9. The summed E-state index contributed by atoms with van der Waals surface area (Å²) in [4.78, 5) is 0. The van der Waals surface area contributed by atoms with E-state index < -0.39 is 15.5 Å². The average molecular weight is 268 g/mol. The Morgan fingerprint density at radius 2 is 1.80 bits per heavy atom. The van der Waals surface area contributed by atoms with Crippen LogP contribution in [0.3, 0.4) is 0 Å². The lowest BCUT2D eigenvalue weighted by Crippen LogP contribution is -2.23. The molecule has 0 aromatic heterocycles. The fourth-order valence-corrected chi connectivity index (χ4v) is 3.41. The summed E-state index contributed by atoms with van der Waals surface area (Å²) in [7, 11) is -2.17. The largest absolute Gasteiger partial charge is 0.249 e. The Bertz CT molecular complexity index is 490. The van der Waals surface area contributed by atoms with Gasteiger partial charge in [-0.1, -0.05) is 23.2 Å². The predicted molar refractivity (Wildman–Crippen MR) is 61.0 cm³/mol. The summed E-state index contributed by atoms with van der Waals surface area (Å²) in [5.74, 6) is 0.612. The number of hydrogen-bond acceptors (Lipinski definition) is 2. The molecule has 0 bridgehead atoms. The standard InChI is InChI=1S/C9H8Cl2FNOS/c10-7-4-6(12)5-8(11)9(7)13-15(14)2-1-3-15/h4-5H,1-3H2. The van der Waals surface area contributed by atoms with E-state index in [4.69, 9.17) is 23.2 Å². The van der Waals surface area contributed by atoms with Gasteiger partial charge in [0.15, 0.2) is 0 Å². The molecule has 0 N–H and O–H groups in total. The van der Waals surface area contributed by atoms with Crippen molar-refractivity contribution >= 4 is 38.6 Å². The average Bonchev–Trinajstić information content (AvgIpc) is 2.08. The van der Waals surface area contributed by atoms with Crippen LogP contribution in [0.25, 0.3) is 0 Å². The van der Waals surface area contributed by atoms with E-state index in [0.29, 0.717) is 11.5 Å². The van der Waals surface area contributed by atoms with Gasteiger partial charge in [0, 0.05) is 11.5 Å².